The fourth-order valence-corrected chi connectivity index (χ4v) is 10.9. The Kier molecular flexibility index (Phi) is 12.7. The van der Waals surface area contributed by atoms with Crippen molar-refractivity contribution in [1.29, 1.82) is 0 Å². The van der Waals surface area contributed by atoms with Crippen LogP contribution in [0.2, 0.25) is 0 Å². The van der Waals surface area contributed by atoms with Crippen molar-refractivity contribution in [3.05, 3.63) is 0 Å². The van der Waals surface area contributed by atoms with E-state index in [0.717, 1.165) is 88.1 Å². The summed E-state index contributed by atoms with van der Waals surface area (Å²) in [5.41, 5.74) is 12.5. The lowest BCUT2D eigenvalue weighted by Gasteiger charge is -2.61. The Morgan fingerprint density at radius 1 is 0.881 bits per heavy atom. The van der Waals surface area contributed by atoms with Gasteiger partial charge >= 0.3 is 5.97 Å². The number of fused-ring (bicyclic) bond motifs is 5. The van der Waals surface area contributed by atoms with Crippen LogP contribution in [0.15, 0.2) is 0 Å². The Labute approximate surface area is 259 Å². The van der Waals surface area contributed by atoms with Gasteiger partial charge in [-0.25, -0.2) is 0 Å². The zero-order valence-electron chi connectivity index (χ0n) is 28.2. The molecule has 5 N–H and O–H groups in total. The molecule has 9 atom stereocenters. The van der Waals surface area contributed by atoms with Crippen molar-refractivity contribution in [3.8, 4) is 0 Å². The van der Waals surface area contributed by atoms with Gasteiger partial charge in [0, 0.05) is 12.5 Å². The van der Waals surface area contributed by atoms with Gasteiger partial charge in [0.05, 0.1) is 6.10 Å². The summed E-state index contributed by atoms with van der Waals surface area (Å²) in [7, 11) is 0. The van der Waals surface area contributed by atoms with Gasteiger partial charge in [0.1, 0.15) is 0 Å². The summed E-state index contributed by atoms with van der Waals surface area (Å²) in [6.45, 7) is 17.7. The molecule has 0 heterocycles. The summed E-state index contributed by atoms with van der Waals surface area (Å²) in [4.78, 5) is 14.8. The van der Waals surface area contributed by atoms with Crippen LogP contribution in [0.25, 0.3) is 0 Å². The highest BCUT2D eigenvalue weighted by Crippen LogP contribution is 2.68. The lowest BCUT2D eigenvalue weighted by Crippen LogP contribution is -2.55. The average molecular weight is 589 g/mol. The molecule has 0 radical (unpaired) electrons. The summed E-state index contributed by atoms with van der Waals surface area (Å²) < 4.78 is 5.44. The summed E-state index contributed by atoms with van der Waals surface area (Å²) >= 11 is 0. The maximum absolute atomic E-state index is 12.2. The van der Waals surface area contributed by atoms with Crippen LogP contribution in [-0.2, 0) is 9.53 Å². The fraction of sp³-hybridized carbons (Fsp3) is 0.972. The summed E-state index contributed by atoms with van der Waals surface area (Å²) in [5, 5.41) is 3.99. The second-order valence-electron chi connectivity index (χ2n) is 15.8. The number of rotatable bonds is 16. The molecule has 0 spiro atoms. The number of nitrogens with two attached hydrogens (primary N) is 2. The van der Waals surface area contributed by atoms with Crippen molar-refractivity contribution in [2.24, 2.45) is 57.8 Å². The minimum absolute atomic E-state index is 0.00657. The summed E-state index contributed by atoms with van der Waals surface area (Å²) in [5.74, 6) is 4.99. The van der Waals surface area contributed by atoms with Crippen LogP contribution in [0.5, 0.6) is 0 Å². The Hall–Kier alpha value is -0.690. The van der Waals surface area contributed by atoms with Crippen LogP contribution in [0, 0.1) is 46.3 Å². The third-order valence-corrected chi connectivity index (χ3v) is 13.0. The molecule has 4 rings (SSSR count). The lowest BCUT2D eigenvalue weighted by molar-refractivity contribution is -0.148. The van der Waals surface area contributed by atoms with Crippen molar-refractivity contribution < 1.29 is 9.53 Å². The van der Waals surface area contributed by atoms with Gasteiger partial charge in [-0.1, -0.05) is 20.8 Å². The van der Waals surface area contributed by atoms with E-state index >= 15 is 0 Å². The zero-order valence-corrected chi connectivity index (χ0v) is 28.2. The van der Waals surface area contributed by atoms with Crippen LogP contribution >= 0.6 is 0 Å². The third kappa shape index (κ3) is 7.93. The van der Waals surface area contributed by atoms with Gasteiger partial charge in [0.25, 0.3) is 0 Å². The molecule has 0 aromatic rings. The molecule has 0 bridgehead atoms. The van der Waals surface area contributed by atoms with E-state index in [1.807, 2.05) is 13.8 Å². The van der Waals surface area contributed by atoms with Gasteiger partial charge in [-0.2, -0.15) is 0 Å². The molecule has 6 heteroatoms. The number of nitrogens with one attached hydrogen (secondary N) is 1. The Morgan fingerprint density at radius 3 is 2.24 bits per heavy atom. The molecule has 0 aromatic heterocycles. The molecular formula is C36H68N4O2. The summed E-state index contributed by atoms with van der Waals surface area (Å²) in [6.07, 6.45) is 17.6. The van der Waals surface area contributed by atoms with Crippen molar-refractivity contribution >= 4 is 5.97 Å². The second-order valence-corrected chi connectivity index (χ2v) is 15.8. The molecule has 244 valence electrons. The van der Waals surface area contributed by atoms with Gasteiger partial charge in [-0.05, 0) is 183 Å². The smallest absolute Gasteiger partial charge is 0.306 e. The van der Waals surface area contributed by atoms with Crippen LogP contribution in [0.3, 0.4) is 0 Å². The average Bonchev–Trinajstić information content (AvgIpc) is 3.32. The van der Waals surface area contributed by atoms with Gasteiger partial charge in [-0.3, -0.25) is 4.79 Å². The highest BCUT2D eigenvalue weighted by atomic mass is 16.5. The molecule has 0 aliphatic heterocycles. The number of hydrogen-bond donors (Lipinski definition) is 3. The van der Waals surface area contributed by atoms with Crippen LogP contribution in [0.4, 0.5) is 0 Å². The van der Waals surface area contributed by atoms with E-state index in [1.54, 1.807) is 0 Å². The zero-order chi connectivity index (χ0) is 30.3. The predicted octanol–water partition coefficient (Wildman–Crippen LogP) is 6.36. The lowest BCUT2D eigenvalue weighted by atomic mass is 9.44. The minimum atomic E-state index is -0.0106. The van der Waals surface area contributed by atoms with Crippen LogP contribution in [0.1, 0.15) is 125 Å². The van der Waals surface area contributed by atoms with Gasteiger partial charge in [0.2, 0.25) is 0 Å². The Balaban J connectivity index is 1.26. The highest BCUT2D eigenvalue weighted by Gasteiger charge is 2.60. The standard InChI is InChI=1S/C36H68N4O2/c1-26(2)42-34(41)14-9-27(3)31-12-13-32-30-11-10-28-25-29(15-17-35(28,4)33(30)16-18-36(31,32)5)39-21-8-24-40(22-6-19-37)23-7-20-38/h26-33,39H,6-25,37-38H2,1-5H3/t27-,28?,29+,30?,31-,32?,33?,35+,36-/m1/s1. The van der Waals surface area contributed by atoms with Gasteiger partial charge in [0.15, 0.2) is 0 Å². The second kappa shape index (κ2) is 15.5. The quantitative estimate of drug-likeness (QED) is 0.143. The van der Waals surface area contributed by atoms with E-state index in [2.05, 4.69) is 31.0 Å². The normalized spacial score (nSPS) is 36.9. The monoisotopic (exact) mass is 589 g/mol. The van der Waals surface area contributed by atoms with E-state index in [9.17, 15) is 4.79 Å². The molecule has 0 aromatic carbocycles. The molecule has 4 aliphatic carbocycles. The maximum Gasteiger partial charge on any atom is 0.306 e. The summed E-state index contributed by atoms with van der Waals surface area (Å²) in [6, 6.07) is 0.703. The first-order valence-corrected chi connectivity index (χ1v) is 18.2. The SMILES string of the molecule is CC(C)OC(=O)CC[C@@H](C)[C@H]1CCC2C3CCC4C[C@@H](NCCCN(CCCN)CCCN)CC[C@]4(C)C3CC[C@@]21C. The highest BCUT2D eigenvalue weighted by molar-refractivity contribution is 5.69. The third-order valence-electron chi connectivity index (χ3n) is 13.0. The number of esters is 1. The first kappa shape index (κ1) is 34.2. The molecule has 4 unspecified atom stereocenters. The number of carbonyl (C=O) groups excluding carboxylic acids is 1. The van der Waals surface area contributed by atoms with Crippen LogP contribution in [-0.4, -0.2) is 62.3 Å². The largest absolute Gasteiger partial charge is 0.463 e. The van der Waals surface area contributed by atoms with Crippen molar-refractivity contribution in [1.82, 2.24) is 10.2 Å². The minimum Gasteiger partial charge on any atom is -0.463 e. The van der Waals surface area contributed by atoms with E-state index in [4.69, 9.17) is 16.2 Å². The van der Waals surface area contributed by atoms with Crippen molar-refractivity contribution in [2.45, 2.75) is 137 Å². The maximum atomic E-state index is 12.2. The number of nitrogens with zero attached hydrogens (tertiary/aromatic N) is 1. The Morgan fingerprint density at radius 2 is 1.55 bits per heavy atom. The molecule has 0 amide bonds. The molecular weight excluding hydrogens is 520 g/mol. The number of ether oxygens (including phenoxy) is 1. The van der Waals surface area contributed by atoms with Crippen molar-refractivity contribution in [3.63, 3.8) is 0 Å². The van der Waals surface area contributed by atoms with Gasteiger partial charge < -0.3 is 26.4 Å². The number of carbonyl (C=O) groups is 1. The first-order chi connectivity index (χ1) is 20.1. The van der Waals surface area contributed by atoms with E-state index in [1.165, 1.54) is 64.2 Å². The molecule has 4 aliphatic rings. The van der Waals surface area contributed by atoms with Crippen molar-refractivity contribution in [2.75, 3.05) is 39.3 Å². The molecule has 42 heavy (non-hydrogen) atoms. The molecule has 6 nitrogen and oxygen atoms in total. The molecule has 4 saturated carbocycles. The van der Waals surface area contributed by atoms with Crippen LogP contribution < -0.4 is 16.8 Å². The molecule has 4 fully saturated rings. The number of hydrogen-bond acceptors (Lipinski definition) is 6. The Bertz CT molecular complexity index is 829. The van der Waals surface area contributed by atoms with Gasteiger partial charge in [-0.15, -0.1) is 0 Å². The predicted molar refractivity (Wildman–Crippen MR) is 175 cm³/mol. The molecule has 0 saturated heterocycles. The first-order valence-electron chi connectivity index (χ1n) is 18.2. The fourth-order valence-electron chi connectivity index (χ4n) is 10.9. The van der Waals surface area contributed by atoms with E-state index < -0.39 is 0 Å². The van der Waals surface area contributed by atoms with E-state index in [0.29, 0.717) is 29.2 Å². The topological polar surface area (TPSA) is 93.6 Å². The van der Waals surface area contributed by atoms with E-state index in [-0.39, 0.29) is 12.1 Å².